The van der Waals surface area contributed by atoms with Crippen LogP contribution in [0.5, 0.6) is 5.75 Å². The molecule has 0 heterocycles. The Bertz CT molecular complexity index is 715. The fourth-order valence-electron chi connectivity index (χ4n) is 1.94. The number of carboxylic acids is 1. The van der Waals surface area contributed by atoms with Gasteiger partial charge in [-0.15, -0.1) is 0 Å². The summed E-state index contributed by atoms with van der Waals surface area (Å²) >= 11 is 0. The Labute approximate surface area is 141 Å². The van der Waals surface area contributed by atoms with Crippen molar-refractivity contribution in [1.29, 1.82) is 0 Å². The molecule has 0 aliphatic heterocycles. The third kappa shape index (κ3) is 4.93. The average Bonchev–Trinajstić information content (AvgIpc) is 2.51. The van der Waals surface area contributed by atoms with E-state index in [-0.39, 0.29) is 35.1 Å². The largest absolute Gasteiger partial charge is 0.495 e. The maximum atomic E-state index is 12.3. The summed E-state index contributed by atoms with van der Waals surface area (Å²) in [6, 6.07) is 3.75. The second kappa shape index (κ2) is 8.11. The zero-order chi connectivity index (χ0) is 18.5. The van der Waals surface area contributed by atoms with Gasteiger partial charge in [0.05, 0.1) is 7.11 Å². The van der Waals surface area contributed by atoms with Crippen LogP contribution in [0.3, 0.4) is 0 Å². The molecular formula is C15H22N2O6S. The minimum absolute atomic E-state index is 0.0652. The molecule has 24 heavy (non-hydrogen) atoms. The Balaban J connectivity index is 3.05. The zero-order valence-electron chi connectivity index (χ0n) is 14.1. The molecule has 0 saturated heterocycles. The predicted octanol–water partition coefficient (Wildman–Crippen LogP) is 0.929. The maximum Gasteiger partial charge on any atom is 0.303 e. The van der Waals surface area contributed by atoms with Crippen LogP contribution in [0.15, 0.2) is 23.1 Å². The number of carbonyl (C=O) groups excluding carboxylic acids is 1. The van der Waals surface area contributed by atoms with Gasteiger partial charge in [0.1, 0.15) is 10.6 Å². The molecule has 9 heteroatoms. The molecule has 0 saturated carbocycles. The van der Waals surface area contributed by atoms with Crippen molar-refractivity contribution in [3.8, 4) is 5.75 Å². The number of benzene rings is 1. The van der Waals surface area contributed by atoms with Crippen molar-refractivity contribution in [2.75, 3.05) is 21.2 Å². The first-order valence-electron chi connectivity index (χ1n) is 7.22. The number of methoxy groups -OCH3 is 1. The second-order valence-corrected chi connectivity index (χ2v) is 7.58. The lowest BCUT2D eigenvalue weighted by molar-refractivity contribution is -0.137. The minimum Gasteiger partial charge on any atom is -0.495 e. The number of rotatable bonds is 8. The predicted molar refractivity (Wildman–Crippen MR) is 87.7 cm³/mol. The average molecular weight is 358 g/mol. The van der Waals surface area contributed by atoms with Gasteiger partial charge in [0.25, 0.3) is 5.91 Å². The van der Waals surface area contributed by atoms with Crippen molar-refractivity contribution in [2.45, 2.75) is 30.7 Å². The highest BCUT2D eigenvalue weighted by atomic mass is 32.2. The molecule has 0 aliphatic carbocycles. The Morgan fingerprint density at radius 1 is 1.33 bits per heavy atom. The molecule has 0 spiro atoms. The van der Waals surface area contributed by atoms with Crippen molar-refractivity contribution >= 4 is 21.9 Å². The van der Waals surface area contributed by atoms with Crippen molar-refractivity contribution in [3.05, 3.63) is 23.8 Å². The molecule has 1 aromatic carbocycles. The number of nitrogens with zero attached hydrogens (tertiary/aromatic N) is 1. The van der Waals surface area contributed by atoms with Crippen LogP contribution in [0, 0.1) is 0 Å². The van der Waals surface area contributed by atoms with Crippen LogP contribution in [-0.2, 0) is 14.8 Å². The first kappa shape index (κ1) is 19.9. The van der Waals surface area contributed by atoms with Gasteiger partial charge in [0.15, 0.2) is 0 Å². The smallest absolute Gasteiger partial charge is 0.303 e. The molecule has 1 amide bonds. The van der Waals surface area contributed by atoms with Gasteiger partial charge in [0, 0.05) is 32.1 Å². The fourth-order valence-corrected chi connectivity index (χ4v) is 3.01. The summed E-state index contributed by atoms with van der Waals surface area (Å²) in [7, 11) is 0.339. The lowest BCUT2D eigenvalue weighted by atomic mass is 10.1. The highest BCUT2D eigenvalue weighted by Crippen LogP contribution is 2.26. The summed E-state index contributed by atoms with van der Waals surface area (Å²) in [5.41, 5.74) is 0.151. The maximum absolute atomic E-state index is 12.3. The van der Waals surface area contributed by atoms with Crippen molar-refractivity contribution in [3.63, 3.8) is 0 Å². The molecule has 0 radical (unpaired) electrons. The van der Waals surface area contributed by atoms with Crippen molar-refractivity contribution < 1.29 is 27.9 Å². The first-order chi connectivity index (χ1) is 11.1. The molecule has 0 aliphatic rings. The van der Waals surface area contributed by atoms with Gasteiger partial charge < -0.3 is 15.2 Å². The molecular weight excluding hydrogens is 336 g/mol. The van der Waals surface area contributed by atoms with Crippen LogP contribution in [0.25, 0.3) is 0 Å². The Hall–Kier alpha value is -2.13. The molecule has 1 aromatic rings. The van der Waals surface area contributed by atoms with Crippen LogP contribution in [-0.4, -0.2) is 57.0 Å². The molecule has 0 fully saturated rings. The summed E-state index contributed by atoms with van der Waals surface area (Å²) in [4.78, 5) is 22.7. The summed E-state index contributed by atoms with van der Waals surface area (Å²) in [5.74, 6) is -1.29. The summed E-state index contributed by atoms with van der Waals surface area (Å²) in [6.45, 7) is 1.68. The zero-order valence-corrected chi connectivity index (χ0v) is 14.9. The minimum atomic E-state index is -3.77. The Morgan fingerprint density at radius 2 is 1.96 bits per heavy atom. The van der Waals surface area contributed by atoms with Gasteiger partial charge in [0.2, 0.25) is 10.0 Å². The number of ether oxygens (including phenoxy) is 1. The quantitative estimate of drug-likeness (QED) is 0.715. The number of hydrogen-bond donors (Lipinski definition) is 2. The van der Waals surface area contributed by atoms with Crippen molar-refractivity contribution in [2.24, 2.45) is 0 Å². The molecule has 2 N–H and O–H groups in total. The van der Waals surface area contributed by atoms with Crippen LogP contribution < -0.4 is 10.1 Å². The number of carboxylic acid groups (broad SMARTS) is 1. The van der Waals surface area contributed by atoms with E-state index in [4.69, 9.17) is 9.84 Å². The molecule has 1 unspecified atom stereocenters. The van der Waals surface area contributed by atoms with E-state index in [0.29, 0.717) is 0 Å². The van der Waals surface area contributed by atoms with Crippen LogP contribution in [0.2, 0.25) is 0 Å². The highest BCUT2D eigenvalue weighted by Gasteiger charge is 2.24. The van der Waals surface area contributed by atoms with Gasteiger partial charge in [-0.25, -0.2) is 12.7 Å². The van der Waals surface area contributed by atoms with Gasteiger partial charge in [-0.3, -0.25) is 9.59 Å². The highest BCUT2D eigenvalue weighted by molar-refractivity contribution is 7.89. The van der Waals surface area contributed by atoms with E-state index in [0.717, 1.165) is 4.31 Å². The van der Waals surface area contributed by atoms with Crippen LogP contribution >= 0.6 is 0 Å². The molecule has 134 valence electrons. The van der Waals surface area contributed by atoms with Gasteiger partial charge >= 0.3 is 5.97 Å². The molecule has 0 aromatic heterocycles. The summed E-state index contributed by atoms with van der Waals surface area (Å²) in [6.07, 6.45) is 0.213. The standard InChI is InChI=1S/C15H22N2O6S/c1-10(5-8-14(18)19)16-15(20)11-6-7-12(23-4)13(9-11)24(21,22)17(2)3/h6-7,9-10H,5,8H2,1-4H3,(H,16,20)(H,18,19). The molecule has 1 rings (SSSR count). The summed E-state index contributed by atoms with van der Waals surface area (Å²) < 4.78 is 30.8. The SMILES string of the molecule is COc1ccc(C(=O)NC(C)CCC(=O)O)cc1S(=O)(=O)N(C)C. The lowest BCUT2D eigenvalue weighted by Crippen LogP contribution is -2.33. The van der Waals surface area contributed by atoms with Crippen molar-refractivity contribution in [1.82, 2.24) is 9.62 Å². The van der Waals surface area contributed by atoms with E-state index in [9.17, 15) is 18.0 Å². The fraction of sp³-hybridized carbons (Fsp3) is 0.467. The lowest BCUT2D eigenvalue weighted by Gasteiger charge is -2.17. The van der Waals surface area contributed by atoms with E-state index >= 15 is 0 Å². The van der Waals surface area contributed by atoms with Gasteiger partial charge in [-0.05, 0) is 31.5 Å². The van der Waals surface area contributed by atoms with Crippen LogP contribution in [0.4, 0.5) is 0 Å². The first-order valence-corrected chi connectivity index (χ1v) is 8.66. The van der Waals surface area contributed by atoms with E-state index in [1.54, 1.807) is 6.92 Å². The van der Waals surface area contributed by atoms with E-state index in [1.165, 1.54) is 39.4 Å². The van der Waals surface area contributed by atoms with E-state index in [1.807, 2.05) is 0 Å². The molecule has 1 atom stereocenters. The number of amides is 1. The third-order valence-corrected chi connectivity index (χ3v) is 5.19. The summed E-state index contributed by atoms with van der Waals surface area (Å²) in [5, 5.41) is 11.3. The van der Waals surface area contributed by atoms with E-state index in [2.05, 4.69) is 5.32 Å². The Kier molecular flexibility index (Phi) is 6.73. The van der Waals surface area contributed by atoms with Crippen LogP contribution in [0.1, 0.15) is 30.1 Å². The number of nitrogens with one attached hydrogen (secondary N) is 1. The van der Waals surface area contributed by atoms with Gasteiger partial charge in [-0.2, -0.15) is 0 Å². The van der Waals surface area contributed by atoms with Gasteiger partial charge in [-0.1, -0.05) is 0 Å². The normalized spacial score (nSPS) is 12.7. The number of sulfonamides is 1. The molecule has 8 nitrogen and oxygen atoms in total. The third-order valence-electron chi connectivity index (χ3n) is 3.35. The molecule has 0 bridgehead atoms. The van der Waals surface area contributed by atoms with E-state index < -0.39 is 21.9 Å². The second-order valence-electron chi connectivity index (χ2n) is 5.46. The Morgan fingerprint density at radius 3 is 2.46 bits per heavy atom. The number of hydrogen-bond acceptors (Lipinski definition) is 5. The number of carbonyl (C=O) groups is 2. The monoisotopic (exact) mass is 358 g/mol. The number of aliphatic carboxylic acids is 1. The topological polar surface area (TPSA) is 113 Å².